The van der Waals surface area contributed by atoms with Gasteiger partial charge in [0.2, 0.25) is 0 Å². The number of hydrogen-bond acceptors (Lipinski definition) is 3. The van der Waals surface area contributed by atoms with Gasteiger partial charge in [0.1, 0.15) is 11.6 Å². The molecule has 4 heteroatoms. The van der Waals surface area contributed by atoms with Crippen LogP contribution in [0.3, 0.4) is 0 Å². The van der Waals surface area contributed by atoms with E-state index in [0.29, 0.717) is 12.6 Å². The molecule has 2 heterocycles. The normalized spacial score (nSPS) is 16.2. The summed E-state index contributed by atoms with van der Waals surface area (Å²) in [6.45, 7) is 1.73. The number of piperidine rings is 1. The Kier molecular flexibility index (Phi) is 6.13. The second-order valence-electron chi connectivity index (χ2n) is 8.39. The van der Waals surface area contributed by atoms with E-state index in [4.69, 9.17) is 9.72 Å². The molecule has 0 aliphatic carbocycles. The number of aromatic nitrogens is 1. The minimum absolute atomic E-state index is 0.241. The largest absolute Gasteiger partial charge is 0.492 e. The molecule has 1 saturated heterocycles. The van der Waals surface area contributed by atoms with Crippen LogP contribution in [0.4, 0.5) is 4.39 Å². The minimum Gasteiger partial charge on any atom is -0.492 e. The van der Waals surface area contributed by atoms with Gasteiger partial charge in [-0.3, -0.25) is 4.98 Å². The molecule has 1 aliphatic rings. The van der Waals surface area contributed by atoms with Crippen LogP contribution in [-0.4, -0.2) is 24.2 Å². The second kappa shape index (κ2) is 9.49. The van der Waals surface area contributed by atoms with E-state index in [-0.39, 0.29) is 5.82 Å². The van der Waals surface area contributed by atoms with Gasteiger partial charge in [0.05, 0.1) is 12.1 Å². The number of pyridine rings is 1. The lowest BCUT2D eigenvalue weighted by Gasteiger charge is -2.24. The molecule has 0 amide bonds. The van der Waals surface area contributed by atoms with Gasteiger partial charge >= 0.3 is 0 Å². The molecule has 1 atom stereocenters. The van der Waals surface area contributed by atoms with Crippen molar-refractivity contribution in [3.63, 3.8) is 0 Å². The van der Waals surface area contributed by atoms with Crippen LogP contribution >= 0.6 is 0 Å². The van der Waals surface area contributed by atoms with Gasteiger partial charge < -0.3 is 10.1 Å². The lowest BCUT2D eigenvalue weighted by Crippen LogP contribution is -2.35. The van der Waals surface area contributed by atoms with Crippen molar-refractivity contribution < 1.29 is 9.13 Å². The summed E-state index contributed by atoms with van der Waals surface area (Å²) in [4.78, 5) is 4.70. The number of nitrogens with zero attached hydrogens (tertiary/aromatic N) is 1. The standard InChI is InChI=1S/C28H27FN2O/c29-23-10-6-9-21(17-23)22-12-13-27-25(18-22)28(32-16-14-24-11-4-5-15-30-24)26(19-31-27)20-7-2-1-3-8-20/h1-3,6-10,12-13,17-19,24,30H,4-5,11,14-16H2. The molecule has 32 heavy (non-hydrogen) atoms. The Morgan fingerprint density at radius 2 is 1.75 bits per heavy atom. The van der Waals surface area contributed by atoms with Crippen molar-refractivity contribution in [2.24, 2.45) is 0 Å². The molecule has 1 unspecified atom stereocenters. The maximum atomic E-state index is 13.8. The number of halogens is 1. The highest BCUT2D eigenvalue weighted by molar-refractivity contribution is 5.94. The van der Waals surface area contributed by atoms with Crippen LogP contribution in [0.25, 0.3) is 33.2 Å². The molecule has 0 radical (unpaired) electrons. The van der Waals surface area contributed by atoms with Crippen molar-refractivity contribution in [1.82, 2.24) is 10.3 Å². The Morgan fingerprint density at radius 1 is 0.906 bits per heavy atom. The summed E-state index contributed by atoms with van der Waals surface area (Å²) in [7, 11) is 0. The van der Waals surface area contributed by atoms with Crippen molar-refractivity contribution in [3.8, 4) is 28.0 Å². The fourth-order valence-corrected chi connectivity index (χ4v) is 4.47. The predicted molar refractivity (Wildman–Crippen MR) is 128 cm³/mol. The zero-order valence-corrected chi connectivity index (χ0v) is 18.1. The molecule has 162 valence electrons. The number of hydrogen-bond donors (Lipinski definition) is 1. The van der Waals surface area contributed by atoms with E-state index in [1.54, 1.807) is 12.1 Å². The molecule has 3 nitrogen and oxygen atoms in total. The molecule has 0 bridgehead atoms. The quantitative estimate of drug-likeness (QED) is 0.376. The molecule has 1 aliphatic heterocycles. The van der Waals surface area contributed by atoms with E-state index in [2.05, 4.69) is 23.5 Å². The predicted octanol–water partition coefficient (Wildman–Crippen LogP) is 6.62. The molecule has 0 spiro atoms. The summed E-state index contributed by atoms with van der Waals surface area (Å²) in [6.07, 6.45) is 6.61. The maximum Gasteiger partial charge on any atom is 0.138 e. The molecular formula is C28H27FN2O. The number of benzene rings is 3. The van der Waals surface area contributed by atoms with Crippen LogP contribution in [0.1, 0.15) is 25.7 Å². The Balaban J connectivity index is 1.54. The smallest absolute Gasteiger partial charge is 0.138 e. The molecule has 5 rings (SSSR count). The van der Waals surface area contributed by atoms with Crippen molar-refractivity contribution in [2.75, 3.05) is 13.2 Å². The first-order valence-electron chi connectivity index (χ1n) is 11.4. The molecule has 4 aromatic rings. The highest BCUT2D eigenvalue weighted by Crippen LogP contribution is 2.38. The third-order valence-corrected chi connectivity index (χ3v) is 6.19. The summed E-state index contributed by atoms with van der Waals surface area (Å²) in [5.41, 5.74) is 4.71. The highest BCUT2D eigenvalue weighted by Gasteiger charge is 2.16. The molecule has 0 saturated carbocycles. The molecule has 1 aromatic heterocycles. The van der Waals surface area contributed by atoms with Crippen LogP contribution < -0.4 is 10.1 Å². The van der Waals surface area contributed by atoms with Crippen LogP contribution in [-0.2, 0) is 0 Å². The average Bonchev–Trinajstić information content (AvgIpc) is 2.85. The van der Waals surface area contributed by atoms with E-state index in [9.17, 15) is 4.39 Å². The third-order valence-electron chi connectivity index (χ3n) is 6.19. The van der Waals surface area contributed by atoms with Gasteiger partial charge in [-0.25, -0.2) is 4.39 Å². The van der Waals surface area contributed by atoms with Crippen molar-refractivity contribution in [2.45, 2.75) is 31.7 Å². The van der Waals surface area contributed by atoms with Gasteiger partial charge in [-0.05, 0) is 66.8 Å². The summed E-state index contributed by atoms with van der Waals surface area (Å²) >= 11 is 0. The van der Waals surface area contributed by atoms with E-state index in [0.717, 1.165) is 51.9 Å². The van der Waals surface area contributed by atoms with Crippen LogP contribution in [0.5, 0.6) is 5.75 Å². The molecule has 1 fully saturated rings. The van der Waals surface area contributed by atoms with Crippen molar-refractivity contribution in [3.05, 3.63) is 84.8 Å². The van der Waals surface area contributed by atoms with Crippen molar-refractivity contribution in [1.29, 1.82) is 0 Å². The zero-order chi connectivity index (χ0) is 21.8. The van der Waals surface area contributed by atoms with Crippen LogP contribution in [0.2, 0.25) is 0 Å². The first-order valence-corrected chi connectivity index (χ1v) is 11.4. The van der Waals surface area contributed by atoms with E-state index < -0.39 is 0 Å². The Bertz CT molecular complexity index is 1200. The topological polar surface area (TPSA) is 34.1 Å². The van der Waals surface area contributed by atoms with Gasteiger partial charge in [-0.2, -0.15) is 0 Å². The van der Waals surface area contributed by atoms with Gasteiger partial charge in [0.25, 0.3) is 0 Å². The number of nitrogens with one attached hydrogen (secondary N) is 1. The fourth-order valence-electron chi connectivity index (χ4n) is 4.47. The minimum atomic E-state index is -0.241. The molecular weight excluding hydrogens is 399 g/mol. The first kappa shape index (κ1) is 20.7. The number of fused-ring (bicyclic) bond motifs is 1. The summed E-state index contributed by atoms with van der Waals surface area (Å²) in [6, 6.07) is 23.5. The summed E-state index contributed by atoms with van der Waals surface area (Å²) < 4.78 is 20.3. The first-order chi connectivity index (χ1) is 15.8. The zero-order valence-electron chi connectivity index (χ0n) is 18.1. The summed E-state index contributed by atoms with van der Waals surface area (Å²) in [5, 5.41) is 4.55. The summed E-state index contributed by atoms with van der Waals surface area (Å²) in [5.74, 6) is 0.602. The highest BCUT2D eigenvalue weighted by atomic mass is 19.1. The van der Waals surface area contributed by atoms with Gasteiger partial charge in [0.15, 0.2) is 0 Å². The third kappa shape index (κ3) is 4.51. The Labute approximate surface area is 188 Å². The monoisotopic (exact) mass is 426 g/mol. The average molecular weight is 427 g/mol. The Morgan fingerprint density at radius 3 is 2.56 bits per heavy atom. The SMILES string of the molecule is Fc1cccc(-c2ccc3ncc(-c4ccccc4)c(OCCC4CCCCN4)c3c2)c1. The van der Waals surface area contributed by atoms with E-state index in [1.165, 1.54) is 25.3 Å². The van der Waals surface area contributed by atoms with Gasteiger partial charge in [-0.15, -0.1) is 0 Å². The van der Waals surface area contributed by atoms with E-state index >= 15 is 0 Å². The number of rotatable bonds is 6. The number of ether oxygens (including phenoxy) is 1. The second-order valence-corrected chi connectivity index (χ2v) is 8.39. The Hall–Kier alpha value is -3.24. The van der Waals surface area contributed by atoms with Crippen LogP contribution in [0.15, 0.2) is 79.0 Å². The fraction of sp³-hybridized carbons (Fsp3) is 0.250. The van der Waals surface area contributed by atoms with Crippen LogP contribution in [0, 0.1) is 5.82 Å². The lowest BCUT2D eigenvalue weighted by molar-refractivity contribution is 0.271. The van der Waals surface area contributed by atoms with Crippen molar-refractivity contribution >= 4 is 10.9 Å². The molecule has 3 aromatic carbocycles. The van der Waals surface area contributed by atoms with E-state index in [1.807, 2.05) is 42.6 Å². The van der Waals surface area contributed by atoms with Gasteiger partial charge in [0, 0.05) is 23.2 Å². The maximum absolute atomic E-state index is 13.8. The molecule has 1 N–H and O–H groups in total. The lowest BCUT2D eigenvalue weighted by atomic mass is 9.99. The van der Waals surface area contributed by atoms with Gasteiger partial charge in [-0.1, -0.05) is 55.0 Å².